The van der Waals surface area contributed by atoms with Crippen LogP contribution in [0.3, 0.4) is 0 Å². The van der Waals surface area contributed by atoms with Crippen molar-refractivity contribution in [2.24, 2.45) is 0 Å². The zero-order chi connectivity index (χ0) is 24.6. The maximum absolute atomic E-state index is 13.5. The molecule has 1 aliphatic heterocycles. The maximum atomic E-state index is 13.5. The second kappa shape index (κ2) is 9.44. The lowest BCUT2D eigenvalue weighted by Gasteiger charge is -2.33. The molecule has 1 N–H and O–H groups in total. The van der Waals surface area contributed by atoms with Gasteiger partial charge in [-0.15, -0.1) is 11.3 Å². The van der Waals surface area contributed by atoms with E-state index in [9.17, 15) is 9.18 Å². The first-order valence-electron chi connectivity index (χ1n) is 12.0. The SMILES string of the molecule is CN1CCN(c2ccc(NC(=O)c3csc(-c4c(-c5ccc(F)cc5)ncn4C4CC4)n3)nc2)CC1. The van der Waals surface area contributed by atoms with E-state index in [1.54, 1.807) is 23.7 Å². The second-order valence-electron chi connectivity index (χ2n) is 9.27. The van der Waals surface area contributed by atoms with Crippen molar-refractivity contribution in [2.75, 3.05) is 43.4 Å². The van der Waals surface area contributed by atoms with Gasteiger partial charge in [-0.1, -0.05) is 0 Å². The van der Waals surface area contributed by atoms with Gasteiger partial charge in [-0.05, 0) is 56.3 Å². The number of imidazole rings is 1. The van der Waals surface area contributed by atoms with E-state index in [0.717, 1.165) is 61.7 Å². The fraction of sp³-hybridized carbons (Fsp3) is 0.308. The number of hydrogen-bond donors (Lipinski definition) is 1. The molecule has 1 aliphatic carbocycles. The van der Waals surface area contributed by atoms with Gasteiger partial charge >= 0.3 is 0 Å². The highest BCUT2D eigenvalue weighted by Crippen LogP contribution is 2.42. The predicted molar refractivity (Wildman–Crippen MR) is 139 cm³/mol. The minimum Gasteiger partial charge on any atom is -0.368 e. The molecule has 1 saturated heterocycles. The van der Waals surface area contributed by atoms with E-state index < -0.39 is 0 Å². The summed E-state index contributed by atoms with van der Waals surface area (Å²) in [6.07, 6.45) is 5.79. The standard InChI is InChI=1S/C26H26FN7OS/c1-32-10-12-33(13-11-32)20-8-9-22(28-14-20)31-25(35)21-15-36-26(30-21)24-23(17-2-4-18(27)5-3-17)29-16-34(24)19-6-7-19/h2-5,8-9,14-16,19H,6-7,10-13H2,1H3,(H,28,31,35). The molecular formula is C26H26FN7OS. The maximum Gasteiger partial charge on any atom is 0.276 e. The average molecular weight is 504 g/mol. The topological polar surface area (TPSA) is 79.2 Å². The molecule has 0 unspecified atom stereocenters. The summed E-state index contributed by atoms with van der Waals surface area (Å²) in [6, 6.07) is 10.5. The summed E-state index contributed by atoms with van der Waals surface area (Å²) >= 11 is 1.40. The lowest BCUT2D eigenvalue weighted by Crippen LogP contribution is -2.44. The number of likely N-dealkylation sites (N-methyl/N-ethyl adjacent to an activating group) is 1. The van der Waals surface area contributed by atoms with Crippen LogP contribution in [0.5, 0.6) is 0 Å². The zero-order valence-corrected chi connectivity index (χ0v) is 20.7. The van der Waals surface area contributed by atoms with Crippen molar-refractivity contribution >= 4 is 28.7 Å². The minimum absolute atomic E-state index is 0.291. The summed E-state index contributed by atoms with van der Waals surface area (Å²) in [6.45, 7) is 3.96. The van der Waals surface area contributed by atoms with Gasteiger partial charge in [0, 0.05) is 43.2 Å². The number of halogens is 1. The molecule has 3 aromatic heterocycles. The molecular weight excluding hydrogens is 477 g/mol. The van der Waals surface area contributed by atoms with Gasteiger partial charge in [0.15, 0.2) is 0 Å². The highest BCUT2D eigenvalue weighted by atomic mass is 32.1. The number of amides is 1. The summed E-state index contributed by atoms with van der Waals surface area (Å²) in [5, 5.41) is 5.32. The molecule has 6 rings (SSSR count). The highest BCUT2D eigenvalue weighted by molar-refractivity contribution is 7.13. The van der Waals surface area contributed by atoms with Gasteiger partial charge < -0.3 is 19.7 Å². The van der Waals surface area contributed by atoms with Crippen LogP contribution in [0.2, 0.25) is 0 Å². The Balaban J connectivity index is 1.21. The van der Waals surface area contributed by atoms with Crippen molar-refractivity contribution in [3.05, 3.63) is 65.8 Å². The average Bonchev–Trinajstić information content (AvgIpc) is 3.45. The van der Waals surface area contributed by atoms with E-state index >= 15 is 0 Å². The van der Waals surface area contributed by atoms with Crippen molar-refractivity contribution in [2.45, 2.75) is 18.9 Å². The van der Waals surface area contributed by atoms with Crippen molar-refractivity contribution in [1.29, 1.82) is 0 Å². The number of aromatic nitrogens is 4. The van der Waals surface area contributed by atoms with E-state index in [1.807, 2.05) is 18.5 Å². The van der Waals surface area contributed by atoms with E-state index in [4.69, 9.17) is 0 Å². The molecule has 10 heteroatoms. The smallest absolute Gasteiger partial charge is 0.276 e. The molecule has 8 nitrogen and oxygen atoms in total. The number of thiazole rings is 1. The number of pyridine rings is 1. The molecule has 2 fully saturated rings. The molecule has 1 aromatic carbocycles. The number of benzene rings is 1. The first-order chi connectivity index (χ1) is 17.5. The molecule has 36 heavy (non-hydrogen) atoms. The van der Waals surface area contributed by atoms with E-state index in [-0.39, 0.29) is 11.7 Å². The van der Waals surface area contributed by atoms with Crippen LogP contribution in [0.1, 0.15) is 29.4 Å². The lowest BCUT2D eigenvalue weighted by molar-refractivity contribution is 0.102. The van der Waals surface area contributed by atoms with E-state index in [0.29, 0.717) is 22.6 Å². The fourth-order valence-electron chi connectivity index (χ4n) is 4.40. The molecule has 1 saturated carbocycles. The first-order valence-corrected chi connectivity index (χ1v) is 12.9. The summed E-state index contributed by atoms with van der Waals surface area (Å²) < 4.78 is 15.6. The number of rotatable bonds is 6. The Labute approximate surface area is 212 Å². The number of anilines is 2. The molecule has 4 aromatic rings. The van der Waals surface area contributed by atoms with Gasteiger partial charge in [-0.2, -0.15) is 0 Å². The summed E-state index contributed by atoms with van der Waals surface area (Å²) in [7, 11) is 2.13. The quantitative estimate of drug-likeness (QED) is 0.416. The predicted octanol–water partition coefficient (Wildman–Crippen LogP) is 4.55. The Morgan fingerprint density at radius 2 is 1.83 bits per heavy atom. The zero-order valence-electron chi connectivity index (χ0n) is 19.9. The molecule has 0 bridgehead atoms. The number of piperazine rings is 1. The van der Waals surface area contributed by atoms with Crippen LogP contribution in [0, 0.1) is 5.82 Å². The number of nitrogens with one attached hydrogen (secondary N) is 1. The third-order valence-corrected chi connectivity index (χ3v) is 7.50. The molecule has 1 amide bonds. The second-order valence-corrected chi connectivity index (χ2v) is 10.1. The monoisotopic (exact) mass is 503 g/mol. The Hall–Kier alpha value is -3.63. The highest BCUT2D eigenvalue weighted by Gasteiger charge is 2.30. The van der Waals surface area contributed by atoms with Crippen LogP contribution < -0.4 is 10.2 Å². The Kier molecular flexibility index (Phi) is 5.98. The van der Waals surface area contributed by atoms with Crippen molar-refractivity contribution in [1.82, 2.24) is 24.4 Å². The van der Waals surface area contributed by atoms with Gasteiger partial charge in [0.25, 0.3) is 5.91 Å². The Morgan fingerprint density at radius 3 is 2.53 bits per heavy atom. The van der Waals surface area contributed by atoms with Crippen LogP contribution in [-0.2, 0) is 0 Å². The first kappa shape index (κ1) is 22.8. The molecule has 4 heterocycles. The van der Waals surface area contributed by atoms with Gasteiger partial charge in [-0.3, -0.25) is 4.79 Å². The molecule has 0 spiro atoms. The normalized spacial score (nSPS) is 16.3. The van der Waals surface area contributed by atoms with Crippen LogP contribution in [0.4, 0.5) is 15.9 Å². The van der Waals surface area contributed by atoms with E-state index in [2.05, 4.69) is 41.7 Å². The van der Waals surface area contributed by atoms with E-state index in [1.165, 1.54) is 23.5 Å². The number of hydrogen-bond acceptors (Lipinski definition) is 7. The van der Waals surface area contributed by atoms with Crippen molar-refractivity contribution < 1.29 is 9.18 Å². The largest absolute Gasteiger partial charge is 0.368 e. The fourth-order valence-corrected chi connectivity index (χ4v) is 5.25. The Morgan fingerprint density at radius 1 is 1.06 bits per heavy atom. The van der Waals surface area contributed by atoms with Gasteiger partial charge in [0.2, 0.25) is 0 Å². The molecule has 0 radical (unpaired) electrons. The third-order valence-electron chi connectivity index (χ3n) is 6.65. The third kappa shape index (κ3) is 4.61. The molecule has 2 aliphatic rings. The van der Waals surface area contributed by atoms with Gasteiger partial charge in [0.1, 0.15) is 28.0 Å². The summed E-state index contributed by atoms with van der Waals surface area (Å²) in [4.78, 5) is 31.3. The molecule has 0 atom stereocenters. The summed E-state index contributed by atoms with van der Waals surface area (Å²) in [5.41, 5.74) is 3.80. The number of carbonyl (C=O) groups is 1. The lowest BCUT2D eigenvalue weighted by atomic mass is 10.1. The van der Waals surface area contributed by atoms with Crippen molar-refractivity contribution in [3.63, 3.8) is 0 Å². The minimum atomic E-state index is -0.307. The number of carbonyl (C=O) groups excluding carboxylic acids is 1. The van der Waals surface area contributed by atoms with Crippen molar-refractivity contribution in [3.8, 4) is 22.0 Å². The van der Waals surface area contributed by atoms with Gasteiger partial charge in [-0.25, -0.2) is 19.3 Å². The number of nitrogens with zero attached hydrogens (tertiary/aromatic N) is 6. The summed E-state index contributed by atoms with van der Waals surface area (Å²) in [5.74, 6) is -0.110. The molecule has 184 valence electrons. The Bertz CT molecular complexity index is 1370. The van der Waals surface area contributed by atoms with Crippen LogP contribution in [0.15, 0.2) is 54.3 Å². The van der Waals surface area contributed by atoms with Crippen LogP contribution >= 0.6 is 11.3 Å². The van der Waals surface area contributed by atoms with Gasteiger partial charge in [0.05, 0.1) is 23.9 Å². The van der Waals surface area contributed by atoms with Crippen LogP contribution in [-0.4, -0.2) is 63.6 Å². The van der Waals surface area contributed by atoms with Crippen LogP contribution in [0.25, 0.3) is 22.0 Å².